The number of carbonyl (C=O) groups is 2. The summed E-state index contributed by atoms with van der Waals surface area (Å²) in [7, 11) is 0. The van der Waals surface area contributed by atoms with Crippen LogP contribution < -0.4 is 0 Å². The van der Waals surface area contributed by atoms with Crippen molar-refractivity contribution in [2.45, 2.75) is 39.2 Å². The Morgan fingerprint density at radius 2 is 1.82 bits per heavy atom. The second-order valence-electron chi connectivity index (χ2n) is 4.08. The van der Waals surface area contributed by atoms with Crippen LogP contribution in [0.4, 0.5) is 0 Å². The second kappa shape index (κ2) is 7.27. The maximum Gasteiger partial charge on any atom is 0.320 e. The summed E-state index contributed by atoms with van der Waals surface area (Å²) in [6.07, 6.45) is 2.33. The number of hydrogen-bond acceptors (Lipinski definition) is 5. The molecule has 1 rings (SSSR count). The van der Waals surface area contributed by atoms with E-state index in [1.165, 1.54) is 0 Å². The molecule has 0 aromatic rings. The number of carbonyl (C=O) groups excluding carboxylic acids is 2. The Kier molecular flexibility index (Phi) is 5.97. The van der Waals surface area contributed by atoms with Gasteiger partial charge in [-0.25, -0.2) is 0 Å². The molecule has 0 aromatic carbocycles. The molecule has 1 fully saturated rings. The zero-order chi connectivity index (χ0) is 12.7. The van der Waals surface area contributed by atoms with Gasteiger partial charge in [-0.1, -0.05) is 0 Å². The fraction of sp³-hybridized carbons (Fsp3) is 0.833. The van der Waals surface area contributed by atoms with Crippen molar-refractivity contribution in [3.8, 4) is 0 Å². The fourth-order valence-corrected chi connectivity index (χ4v) is 2.12. The molecule has 0 aliphatic carbocycles. The maximum atomic E-state index is 11.4. The minimum Gasteiger partial charge on any atom is -0.466 e. The van der Waals surface area contributed by atoms with Crippen LogP contribution >= 0.6 is 0 Å². The van der Waals surface area contributed by atoms with E-state index in [2.05, 4.69) is 0 Å². The Morgan fingerprint density at radius 1 is 1.18 bits per heavy atom. The summed E-state index contributed by atoms with van der Waals surface area (Å²) < 4.78 is 9.83. The highest BCUT2D eigenvalue weighted by atomic mass is 16.5. The third kappa shape index (κ3) is 4.73. The first-order chi connectivity index (χ1) is 8.17. The highest BCUT2D eigenvalue weighted by molar-refractivity contribution is 5.72. The molecule has 1 aliphatic rings. The largest absolute Gasteiger partial charge is 0.466 e. The van der Waals surface area contributed by atoms with Gasteiger partial charge in [0.1, 0.15) is 0 Å². The average Bonchev–Trinajstić information content (AvgIpc) is 2.66. The topological polar surface area (TPSA) is 55.8 Å². The predicted octanol–water partition coefficient (Wildman–Crippen LogP) is 0.967. The van der Waals surface area contributed by atoms with Crippen molar-refractivity contribution < 1.29 is 19.1 Å². The van der Waals surface area contributed by atoms with Crippen molar-refractivity contribution >= 4 is 11.9 Å². The molecule has 5 nitrogen and oxygen atoms in total. The second-order valence-corrected chi connectivity index (χ2v) is 4.08. The van der Waals surface area contributed by atoms with Crippen molar-refractivity contribution in [2.75, 3.05) is 26.3 Å². The van der Waals surface area contributed by atoms with Crippen LogP contribution in [-0.2, 0) is 19.1 Å². The van der Waals surface area contributed by atoms with Gasteiger partial charge in [0, 0.05) is 6.04 Å². The molecule has 0 N–H and O–H groups in total. The Hall–Kier alpha value is -1.10. The summed E-state index contributed by atoms with van der Waals surface area (Å²) in [6.45, 7) is 5.51. The van der Waals surface area contributed by atoms with Crippen LogP contribution in [0.3, 0.4) is 0 Å². The van der Waals surface area contributed by atoms with Crippen LogP contribution in [0.2, 0.25) is 0 Å². The van der Waals surface area contributed by atoms with Crippen molar-refractivity contribution in [1.29, 1.82) is 0 Å². The van der Waals surface area contributed by atoms with E-state index >= 15 is 0 Å². The van der Waals surface area contributed by atoms with Gasteiger partial charge in [-0.15, -0.1) is 0 Å². The van der Waals surface area contributed by atoms with Gasteiger partial charge in [0.25, 0.3) is 0 Å². The van der Waals surface area contributed by atoms with Crippen LogP contribution in [0.25, 0.3) is 0 Å². The van der Waals surface area contributed by atoms with Gasteiger partial charge < -0.3 is 9.47 Å². The normalized spacial score (nSPS) is 20.2. The number of hydrogen-bond donors (Lipinski definition) is 0. The average molecular weight is 243 g/mol. The molecule has 17 heavy (non-hydrogen) atoms. The van der Waals surface area contributed by atoms with Gasteiger partial charge in [-0.3, -0.25) is 14.5 Å². The first-order valence-electron chi connectivity index (χ1n) is 6.22. The Morgan fingerprint density at radius 3 is 2.47 bits per heavy atom. The SMILES string of the molecule is CCOC(=O)CC1CCCN1CC(=O)OCC. The maximum absolute atomic E-state index is 11.4. The number of likely N-dealkylation sites (tertiary alicyclic amines) is 1. The third-order valence-corrected chi connectivity index (χ3v) is 2.84. The summed E-state index contributed by atoms with van der Waals surface area (Å²) in [5.74, 6) is -0.406. The number of nitrogens with zero attached hydrogens (tertiary/aromatic N) is 1. The van der Waals surface area contributed by atoms with Crippen molar-refractivity contribution in [1.82, 2.24) is 4.90 Å². The number of ether oxygens (including phenoxy) is 2. The van der Waals surface area contributed by atoms with E-state index in [1.807, 2.05) is 4.90 Å². The van der Waals surface area contributed by atoms with Crippen LogP contribution in [0.5, 0.6) is 0 Å². The van der Waals surface area contributed by atoms with Gasteiger partial charge in [-0.2, -0.15) is 0 Å². The smallest absolute Gasteiger partial charge is 0.320 e. The summed E-state index contributed by atoms with van der Waals surface area (Å²) >= 11 is 0. The molecule has 0 amide bonds. The quantitative estimate of drug-likeness (QED) is 0.651. The summed E-state index contributed by atoms with van der Waals surface area (Å²) in [6, 6.07) is 0.124. The highest BCUT2D eigenvalue weighted by Gasteiger charge is 2.28. The lowest BCUT2D eigenvalue weighted by Gasteiger charge is -2.22. The molecular formula is C12H21NO4. The molecule has 1 heterocycles. The first kappa shape index (κ1) is 14.0. The minimum absolute atomic E-state index is 0.124. The van der Waals surface area contributed by atoms with Gasteiger partial charge in [0.05, 0.1) is 26.2 Å². The summed E-state index contributed by atoms with van der Waals surface area (Å²) in [4.78, 5) is 24.8. The number of rotatable bonds is 6. The van der Waals surface area contributed by atoms with Crippen LogP contribution in [0.1, 0.15) is 33.1 Å². The minimum atomic E-state index is -0.219. The van der Waals surface area contributed by atoms with Crippen LogP contribution in [0, 0.1) is 0 Å². The van der Waals surface area contributed by atoms with E-state index in [0.29, 0.717) is 19.6 Å². The lowest BCUT2D eigenvalue weighted by Crippen LogP contribution is -2.36. The molecule has 98 valence electrons. The molecular weight excluding hydrogens is 222 g/mol. The molecule has 0 bridgehead atoms. The highest BCUT2D eigenvalue weighted by Crippen LogP contribution is 2.20. The van der Waals surface area contributed by atoms with Crippen molar-refractivity contribution in [2.24, 2.45) is 0 Å². The molecule has 0 spiro atoms. The molecule has 0 radical (unpaired) electrons. The molecule has 0 saturated carbocycles. The number of esters is 2. The fourth-order valence-electron chi connectivity index (χ4n) is 2.12. The van der Waals surface area contributed by atoms with E-state index in [4.69, 9.17) is 9.47 Å². The van der Waals surface area contributed by atoms with Gasteiger partial charge >= 0.3 is 11.9 Å². The molecule has 1 aliphatic heterocycles. The van der Waals surface area contributed by atoms with Gasteiger partial charge in [0.15, 0.2) is 0 Å². The molecule has 0 aromatic heterocycles. The van der Waals surface area contributed by atoms with E-state index in [9.17, 15) is 9.59 Å². The van der Waals surface area contributed by atoms with Gasteiger partial charge in [0.2, 0.25) is 0 Å². The van der Waals surface area contributed by atoms with E-state index < -0.39 is 0 Å². The van der Waals surface area contributed by atoms with Crippen molar-refractivity contribution in [3.05, 3.63) is 0 Å². The first-order valence-corrected chi connectivity index (χ1v) is 6.22. The Balaban J connectivity index is 2.38. The van der Waals surface area contributed by atoms with Crippen LogP contribution in [-0.4, -0.2) is 49.2 Å². The van der Waals surface area contributed by atoms with E-state index in [1.54, 1.807) is 13.8 Å². The third-order valence-electron chi connectivity index (χ3n) is 2.84. The van der Waals surface area contributed by atoms with Gasteiger partial charge in [-0.05, 0) is 33.2 Å². The molecule has 5 heteroatoms. The monoisotopic (exact) mass is 243 g/mol. The Bertz CT molecular complexity index is 241. The molecule has 1 atom stereocenters. The zero-order valence-corrected chi connectivity index (χ0v) is 10.6. The Labute approximate surface area is 102 Å². The lowest BCUT2D eigenvalue weighted by molar-refractivity contribution is -0.148. The standard InChI is InChI=1S/C12H21NO4/c1-3-16-11(14)8-10-6-5-7-13(10)9-12(15)17-4-2/h10H,3-9H2,1-2H3. The lowest BCUT2D eigenvalue weighted by atomic mass is 10.1. The van der Waals surface area contributed by atoms with Crippen LogP contribution in [0.15, 0.2) is 0 Å². The predicted molar refractivity (Wildman–Crippen MR) is 62.5 cm³/mol. The van der Waals surface area contributed by atoms with E-state index in [0.717, 1.165) is 19.4 Å². The van der Waals surface area contributed by atoms with E-state index in [-0.39, 0.29) is 24.5 Å². The summed E-state index contributed by atoms with van der Waals surface area (Å²) in [5.41, 5.74) is 0. The molecule has 1 unspecified atom stereocenters. The molecule has 1 saturated heterocycles. The zero-order valence-electron chi connectivity index (χ0n) is 10.6. The summed E-state index contributed by atoms with van der Waals surface area (Å²) in [5, 5.41) is 0. The van der Waals surface area contributed by atoms with Crippen molar-refractivity contribution in [3.63, 3.8) is 0 Å².